The van der Waals surface area contributed by atoms with Gasteiger partial charge in [-0.1, -0.05) is 45.9 Å². The van der Waals surface area contributed by atoms with Gasteiger partial charge in [-0.3, -0.25) is 0 Å². The van der Waals surface area contributed by atoms with Crippen LogP contribution in [0.5, 0.6) is 0 Å². The predicted molar refractivity (Wildman–Crippen MR) is 74.4 cm³/mol. The number of nitrogens with one attached hydrogen (secondary N) is 1. The van der Waals surface area contributed by atoms with E-state index in [-0.39, 0.29) is 0 Å². The van der Waals surface area contributed by atoms with Crippen molar-refractivity contribution in [2.24, 2.45) is 5.92 Å². The normalized spacial score (nSPS) is 12.3. The molecule has 0 heterocycles. The molecule has 0 radical (unpaired) electrons. The van der Waals surface area contributed by atoms with Gasteiger partial charge in [-0.25, -0.2) is 0 Å². The lowest BCUT2D eigenvalue weighted by Crippen LogP contribution is -2.11. The van der Waals surface area contributed by atoms with E-state index in [4.69, 9.17) is 0 Å². The lowest BCUT2D eigenvalue weighted by atomic mass is 9.86. The van der Waals surface area contributed by atoms with Crippen LogP contribution in [0.3, 0.4) is 0 Å². The molecule has 0 aliphatic rings. The van der Waals surface area contributed by atoms with E-state index in [0.29, 0.717) is 5.92 Å². The van der Waals surface area contributed by atoms with Crippen LogP contribution in [0.2, 0.25) is 0 Å². The van der Waals surface area contributed by atoms with Crippen LogP contribution in [0, 0.1) is 5.92 Å². The maximum absolute atomic E-state index is 4.26. The zero-order chi connectivity index (χ0) is 12.6. The highest BCUT2D eigenvalue weighted by atomic mass is 14.8. The van der Waals surface area contributed by atoms with Gasteiger partial charge in [-0.15, -0.1) is 0 Å². The Bertz CT molecular complexity index is 255. The van der Waals surface area contributed by atoms with Gasteiger partial charge in [0.15, 0.2) is 0 Å². The van der Waals surface area contributed by atoms with Crippen molar-refractivity contribution in [1.82, 2.24) is 5.32 Å². The number of hydrogen-bond acceptors (Lipinski definition) is 1. The summed E-state index contributed by atoms with van der Waals surface area (Å²) >= 11 is 0. The molecule has 1 N–H and O–H groups in total. The van der Waals surface area contributed by atoms with E-state index in [1.807, 2.05) is 13.1 Å². The third-order valence-electron chi connectivity index (χ3n) is 3.10. The molecule has 0 bridgehead atoms. The van der Waals surface area contributed by atoms with Gasteiger partial charge in [-0.2, -0.15) is 0 Å². The maximum atomic E-state index is 4.26. The second-order valence-electron chi connectivity index (χ2n) is 4.29. The van der Waals surface area contributed by atoms with E-state index in [0.717, 1.165) is 5.70 Å². The lowest BCUT2D eigenvalue weighted by molar-refractivity contribution is 0.510. The van der Waals surface area contributed by atoms with Crippen LogP contribution in [0.15, 0.2) is 36.1 Å². The lowest BCUT2D eigenvalue weighted by Gasteiger charge is -2.21. The summed E-state index contributed by atoms with van der Waals surface area (Å²) in [5, 5.41) is 3.18. The molecule has 16 heavy (non-hydrogen) atoms. The van der Waals surface area contributed by atoms with Crippen molar-refractivity contribution in [2.75, 3.05) is 7.05 Å². The summed E-state index contributed by atoms with van der Waals surface area (Å²) in [5.74, 6) is 0.603. The zero-order valence-electron chi connectivity index (χ0n) is 11.4. The zero-order valence-corrected chi connectivity index (χ0v) is 11.4. The largest absolute Gasteiger partial charge is 0.391 e. The van der Waals surface area contributed by atoms with Gasteiger partial charge < -0.3 is 5.32 Å². The molecular formula is C15H27N. The molecule has 1 nitrogen and oxygen atoms in total. The van der Waals surface area contributed by atoms with Crippen LogP contribution in [0.1, 0.15) is 46.5 Å². The van der Waals surface area contributed by atoms with E-state index in [1.54, 1.807) is 0 Å². The van der Waals surface area contributed by atoms with Gasteiger partial charge in [0.05, 0.1) is 0 Å². The summed E-state index contributed by atoms with van der Waals surface area (Å²) in [6.07, 6.45) is 6.80. The second-order valence-corrected chi connectivity index (χ2v) is 4.29. The molecule has 0 saturated heterocycles. The number of hydrogen-bond donors (Lipinski definition) is 1. The summed E-state index contributed by atoms with van der Waals surface area (Å²) in [4.78, 5) is 0. The van der Waals surface area contributed by atoms with Crippen LogP contribution in [0.25, 0.3) is 0 Å². The SMILES string of the molecule is C=C/C(C(=C)C(CCC)CCC)=C(\C)NC. The predicted octanol–water partition coefficient (Wildman–Crippen LogP) is 4.44. The molecule has 92 valence electrons. The molecule has 0 aromatic carbocycles. The Morgan fingerprint density at radius 2 is 1.75 bits per heavy atom. The van der Waals surface area contributed by atoms with Gasteiger partial charge in [0.1, 0.15) is 0 Å². The Labute approximate surface area is 101 Å². The topological polar surface area (TPSA) is 12.0 Å². The van der Waals surface area contributed by atoms with Crippen molar-refractivity contribution in [3.05, 3.63) is 36.1 Å². The minimum atomic E-state index is 0.603. The van der Waals surface area contributed by atoms with Crippen LogP contribution in [0.4, 0.5) is 0 Å². The summed E-state index contributed by atoms with van der Waals surface area (Å²) in [7, 11) is 1.95. The first-order valence-electron chi connectivity index (χ1n) is 6.32. The van der Waals surface area contributed by atoms with Crippen molar-refractivity contribution in [3.63, 3.8) is 0 Å². The van der Waals surface area contributed by atoms with Gasteiger partial charge in [0.25, 0.3) is 0 Å². The number of allylic oxidation sites excluding steroid dienone is 4. The average Bonchev–Trinajstić information content (AvgIpc) is 2.29. The minimum absolute atomic E-state index is 0.603. The van der Waals surface area contributed by atoms with Crippen molar-refractivity contribution in [2.45, 2.75) is 46.5 Å². The highest BCUT2D eigenvalue weighted by Crippen LogP contribution is 2.28. The van der Waals surface area contributed by atoms with Crippen molar-refractivity contribution in [1.29, 1.82) is 0 Å². The maximum Gasteiger partial charge on any atom is 0.0148 e. The fourth-order valence-corrected chi connectivity index (χ4v) is 2.07. The van der Waals surface area contributed by atoms with Crippen LogP contribution >= 0.6 is 0 Å². The summed E-state index contributed by atoms with van der Waals surface area (Å²) in [5.41, 5.74) is 3.59. The average molecular weight is 221 g/mol. The smallest absolute Gasteiger partial charge is 0.0148 e. The Kier molecular flexibility index (Phi) is 7.70. The van der Waals surface area contributed by atoms with Gasteiger partial charge in [0, 0.05) is 12.7 Å². The summed E-state index contributed by atoms with van der Waals surface area (Å²) in [6, 6.07) is 0. The molecule has 0 aliphatic heterocycles. The first-order valence-corrected chi connectivity index (χ1v) is 6.32. The Morgan fingerprint density at radius 3 is 2.06 bits per heavy atom. The third-order valence-corrected chi connectivity index (χ3v) is 3.10. The highest BCUT2D eigenvalue weighted by Gasteiger charge is 2.14. The van der Waals surface area contributed by atoms with E-state index < -0.39 is 0 Å². The minimum Gasteiger partial charge on any atom is -0.391 e. The van der Waals surface area contributed by atoms with E-state index in [1.165, 1.54) is 36.8 Å². The van der Waals surface area contributed by atoms with Crippen molar-refractivity contribution in [3.8, 4) is 0 Å². The molecule has 0 atom stereocenters. The van der Waals surface area contributed by atoms with Crippen LogP contribution < -0.4 is 5.32 Å². The Hall–Kier alpha value is -0.980. The molecule has 0 unspecified atom stereocenters. The fraction of sp³-hybridized carbons (Fsp3) is 0.600. The van der Waals surface area contributed by atoms with Crippen molar-refractivity contribution < 1.29 is 0 Å². The van der Waals surface area contributed by atoms with Gasteiger partial charge >= 0.3 is 0 Å². The number of rotatable bonds is 8. The quantitative estimate of drug-likeness (QED) is 0.598. The first kappa shape index (κ1) is 15.0. The van der Waals surface area contributed by atoms with Crippen molar-refractivity contribution >= 4 is 0 Å². The second kappa shape index (κ2) is 8.20. The van der Waals surface area contributed by atoms with Gasteiger partial charge in [-0.05, 0) is 36.8 Å². The molecule has 0 rings (SSSR count). The third kappa shape index (κ3) is 4.26. The molecule has 0 fully saturated rings. The molecule has 0 spiro atoms. The van der Waals surface area contributed by atoms with Crippen LogP contribution in [-0.4, -0.2) is 7.05 Å². The highest BCUT2D eigenvalue weighted by molar-refractivity contribution is 5.41. The molecule has 0 aromatic heterocycles. The molecule has 0 amide bonds. The molecule has 0 aromatic rings. The molecule has 0 aliphatic carbocycles. The Morgan fingerprint density at radius 1 is 1.25 bits per heavy atom. The summed E-state index contributed by atoms with van der Waals surface area (Å²) in [6.45, 7) is 14.7. The Balaban J connectivity index is 4.88. The molecule has 1 heteroatoms. The van der Waals surface area contributed by atoms with E-state index in [2.05, 4.69) is 39.2 Å². The standard InChI is InChI=1S/C15H27N/c1-7-10-14(11-8-2)12(4)15(9-3)13(5)16-6/h9,14,16H,3-4,7-8,10-11H2,1-2,5-6H3/b15-13-. The van der Waals surface area contributed by atoms with Crippen LogP contribution in [-0.2, 0) is 0 Å². The molecular weight excluding hydrogens is 194 g/mol. The van der Waals surface area contributed by atoms with E-state index in [9.17, 15) is 0 Å². The first-order chi connectivity index (χ1) is 7.62. The van der Waals surface area contributed by atoms with Gasteiger partial charge in [0.2, 0.25) is 0 Å². The van der Waals surface area contributed by atoms with E-state index >= 15 is 0 Å². The fourth-order valence-electron chi connectivity index (χ4n) is 2.07. The molecule has 0 saturated carbocycles. The summed E-state index contributed by atoms with van der Waals surface area (Å²) < 4.78 is 0. The monoisotopic (exact) mass is 221 g/mol.